The van der Waals surface area contributed by atoms with Gasteiger partial charge in [-0.3, -0.25) is 4.68 Å². The smallest absolute Gasteiger partial charge is 0.0738 e. The summed E-state index contributed by atoms with van der Waals surface area (Å²) in [4.78, 5) is 0. The predicted octanol–water partition coefficient (Wildman–Crippen LogP) is 4.30. The van der Waals surface area contributed by atoms with Gasteiger partial charge in [0.2, 0.25) is 0 Å². The van der Waals surface area contributed by atoms with Gasteiger partial charge in [-0.2, -0.15) is 5.10 Å². The van der Waals surface area contributed by atoms with Gasteiger partial charge in [0.1, 0.15) is 0 Å². The van der Waals surface area contributed by atoms with E-state index in [-0.39, 0.29) is 6.04 Å². The molecule has 0 radical (unpaired) electrons. The third-order valence-electron chi connectivity index (χ3n) is 3.35. The molecular weight excluding hydrogens is 361 g/mol. The number of nitrogens with one attached hydrogen (secondary N) is 1. The second-order valence-corrected chi connectivity index (χ2v) is 6.30. The van der Waals surface area contributed by atoms with Crippen LogP contribution in [0.25, 0.3) is 0 Å². The molecule has 3 nitrogen and oxygen atoms in total. The van der Waals surface area contributed by atoms with E-state index < -0.39 is 0 Å². The summed E-state index contributed by atoms with van der Waals surface area (Å²) in [6.45, 7) is 1.99. The van der Waals surface area contributed by atoms with Crippen molar-refractivity contribution in [2.24, 2.45) is 7.05 Å². The van der Waals surface area contributed by atoms with Gasteiger partial charge >= 0.3 is 0 Å². The van der Waals surface area contributed by atoms with Crippen LogP contribution in [0.1, 0.15) is 23.0 Å². The molecule has 0 spiro atoms. The van der Waals surface area contributed by atoms with Crippen molar-refractivity contribution < 1.29 is 0 Å². The van der Waals surface area contributed by atoms with Crippen LogP contribution in [0.4, 0.5) is 0 Å². The number of nitrogens with zero attached hydrogens (tertiary/aromatic N) is 2. The van der Waals surface area contributed by atoms with Gasteiger partial charge < -0.3 is 5.32 Å². The molecule has 1 unspecified atom stereocenters. The number of hydrogen-bond donors (Lipinski definition) is 1. The molecule has 20 heavy (non-hydrogen) atoms. The lowest BCUT2D eigenvalue weighted by molar-refractivity contribution is 0.560. The Kier molecular flexibility index (Phi) is 5.13. The van der Waals surface area contributed by atoms with Crippen molar-refractivity contribution in [3.8, 4) is 0 Å². The minimum atomic E-state index is 0.149. The Bertz CT molecular complexity index is 625. The number of aromatic nitrogens is 2. The normalized spacial score (nSPS) is 12.7. The van der Waals surface area contributed by atoms with Gasteiger partial charge in [0.05, 0.1) is 25.9 Å². The second kappa shape index (κ2) is 6.48. The van der Waals surface area contributed by atoms with E-state index in [1.807, 2.05) is 43.9 Å². The zero-order chi connectivity index (χ0) is 14.9. The maximum Gasteiger partial charge on any atom is 0.0738 e. The van der Waals surface area contributed by atoms with Crippen LogP contribution < -0.4 is 5.32 Å². The average molecular weight is 377 g/mol. The molecule has 1 aromatic carbocycles. The number of aryl methyl sites for hydroxylation is 2. The van der Waals surface area contributed by atoms with Gasteiger partial charge in [-0.1, -0.05) is 29.3 Å². The molecular formula is C14H16BrCl2N3. The first kappa shape index (κ1) is 15.8. The first-order valence-corrected chi connectivity index (χ1v) is 7.79. The lowest BCUT2D eigenvalue weighted by Gasteiger charge is -2.17. The zero-order valence-corrected chi connectivity index (χ0v) is 14.6. The minimum absolute atomic E-state index is 0.149. The van der Waals surface area contributed by atoms with Crippen LogP contribution in [0.2, 0.25) is 10.0 Å². The summed E-state index contributed by atoms with van der Waals surface area (Å²) in [5, 5.41) is 8.88. The Hall–Kier alpha value is -0.550. The highest BCUT2D eigenvalue weighted by atomic mass is 79.9. The summed E-state index contributed by atoms with van der Waals surface area (Å²) in [7, 11) is 3.89. The fraction of sp³-hybridized carbons (Fsp3) is 0.357. The van der Waals surface area contributed by atoms with Crippen LogP contribution in [0.3, 0.4) is 0 Å². The molecule has 1 heterocycles. The maximum atomic E-state index is 6.10. The van der Waals surface area contributed by atoms with E-state index in [0.717, 1.165) is 27.8 Å². The van der Waals surface area contributed by atoms with E-state index in [1.165, 1.54) is 0 Å². The van der Waals surface area contributed by atoms with Crippen LogP contribution in [0, 0.1) is 6.92 Å². The third-order valence-corrected chi connectivity index (χ3v) is 5.12. The van der Waals surface area contributed by atoms with Crippen molar-refractivity contribution in [3.05, 3.63) is 49.7 Å². The molecule has 0 amide bonds. The molecule has 6 heteroatoms. The van der Waals surface area contributed by atoms with Crippen molar-refractivity contribution in [2.75, 3.05) is 7.05 Å². The number of rotatable bonds is 4. The molecule has 108 valence electrons. The van der Waals surface area contributed by atoms with Crippen molar-refractivity contribution in [1.29, 1.82) is 0 Å². The highest BCUT2D eigenvalue weighted by Crippen LogP contribution is 2.29. The monoisotopic (exact) mass is 375 g/mol. The topological polar surface area (TPSA) is 29.9 Å². The molecule has 0 aliphatic rings. The molecule has 2 rings (SSSR count). The van der Waals surface area contributed by atoms with Crippen molar-refractivity contribution in [3.63, 3.8) is 0 Å². The van der Waals surface area contributed by atoms with Crippen LogP contribution in [-0.4, -0.2) is 16.8 Å². The Morgan fingerprint density at radius 2 is 2.05 bits per heavy atom. The van der Waals surface area contributed by atoms with E-state index >= 15 is 0 Å². The molecule has 1 atom stereocenters. The predicted molar refractivity (Wildman–Crippen MR) is 87.6 cm³/mol. The summed E-state index contributed by atoms with van der Waals surface area (Å²) in [5.74, 6) is 0. The standard InChI is InChI=1S/C14H16BrCl2N3/c1-8-14(15)13(20(3)19-8)7-12(18-2)9-4-5-10(16)11(17)6-9/h4-6,12,18H,7H2,1-3H3. The fourth-order valence-electron chi connectivity index (χ4n) is 2.21. The number of likely N-dealkylation sites (N-methyl/N-ethyl adjacent to an activating group) is 1. The largest absolute Gasteiger partial charge is 0.313 e. The number of hydrogen-bond acceptors (Lipinski definition) is 2. The van der Waals surface area contributed by atoms with Crippen LogP contribution >= 0.6 is 39.1 Å². The number of halogens is 3. The van der Waals surface area contributed by atoms with Crippen molar-refractivity contribution in [1.82, 2.24) is 15.1 Å². The lowest BCUT2D eigenvalue weighted by atomic mass is 10.0. The van der Waals surface area contributed by atoms with Gasteiger partial charge in [-0.25, -0.2) is 0 Å². The molecule has 0 saturated heterocycles. The molecule has 1 aromatic heterocycles. The van der Waals surface area contributed by atoms with E-state index in [0.29, 0.717) is 10.0 Å². The minimum Gasteiger partial charge on any atom is -0.313 e. The van der Waals surface area contributed by atoms with Crippen LogP contribution in [0.5, 0.6) is 0 Å². The maximum absolute atomic E-state index is 6.10. The fourth-order valence-corrected chi connectivity index (χ4v) is 3.02. The average Bonchev–Trinajstić information content (AvgIpc) is 2.65. The second-order valence-electron chi connectivity index (χ2n) is 4.69. The Morgan fingerprint density at radius 3 is 2.55 bits per heavy atom. The molecule has 0 aliphatic heterocycles. The molecule has 0 aliphatic carbocycles. The Balaban J connectivity index is 2.31. The SMILES string of the molecule is CNC(Cc1c(Br)c(C)nn1C)c1ccc(Cl)c(Cl)c1. The zero-order valence-electron chi connectivity index (χ0n) is 11.5. The van der Waals surface area contributed by atoms with E-state index in [2.05, 4.69) is 26.3 Å². The molecule has 0 saturated carbocycles. The summed E-state index contributed by atoms with van der Waals surface area (Å²) >= 11 is 15.7. The molecule has 0 bridgehead atoms. The summed E-state index contributed by atoms with van der Waals surface area (Å²) in [6.07, 6.45) is 0.812. The highest BCUT2D eigenvalue weighted by Gasteiger charge is 2.17. The van der Waals surface area contributed by atoms with Gasteiger partial charge in [0, 0.05) is 19.5 Å². The van der Waals surface area contributed by atoms with E-state index in [9.17, 15) is 0 Å². The molecule has 2 aromatic rings. The summed E-state index contributed by atoms with van der Waals surface area (Å²) in [5.41, 5.74) is 3.24. The summed E-state index contributed by atoms with van der Waals surface area (Å²) < 4.78 is 2.96. The first-order chi connectivity index (χ1) is 9.43. The first-order valence-electron chi connectivity index (χ1n) is 6.24. The van der Waals surface area contributed by atoms with Gasteiger partial charge in [-0.05, 0) is 47.6 Å². The van der Waals surface area contributed by atoms with Crippen molar-refractivity contribution in [2.45, 2.75) is 19.4 Å². The Morgan fingerprint density at radius 1 is 1.35 bits per heavy atom. The van der Waals surface area contributed by atoms with Gasteiger partial charge in [0.15, 0.2) is 0 Å². The van der Waals surface area contributed by atoms with E-state index in [4.69, 9.17) is 23.2 Å². The van der Waals surface area contributed by atoms with E-state index in [1.54, 1.807) is 0 Å². The van der Waals surface area contributed by atoms with Gasteiger partial charge in [-0.15, -0.1) is 0 Å². The Labute approximate surface area is 137 Å². The third kappa shape index (κ3) is 3.19. The van der Waals surface area contributed by atoms with Crippen LogP contribution in [-0.2, 0) is 13.5 Å². The van der Waals surface area contributed by atoms with Gasteiger partial charge in [0.25, 0.3) is 0 Å². The highest BCUT2D eigenvalue weighted by molar-refractivity contribution is 9.10. The quantitative estimate of drug-likeness (QED) is 0.861. The van der Waals surface area contributed by atoms with Crippen LogP contribution in [0.15, 0.2) is 22.7 Å². The molecule has 0 fully saturated rings. The lowest BCUT2D eigenvalue weighted by Crippen LogP contribution is -2.20. The molecule has 1 N–H and O–H groups in total. The summed E-state index contributed by atoms with van der Waals surface area (Å²) in [6, 6.07) is 5.87. The number of benzene rings is 1. The van der Waals surface area contributed by atoms with Crippen molar-refractivity contribution >= 4 is 39.1 Å².